The first kappa shape index (κ1) is 30.1. The van der Waals surface area contributed by atoms with Crippen LogP contribution in [0.2, 0.25) is 0 Å². The second-order valence-electron chi connectivity index (χ2n) is 12.9. The molecule has 0 N–H and O–H groups in total. The van der Waals surface area contributed by atoms with Gasteiger partial charge >= 0.3 is 0 Å². The number of fused-ring (bicyclic) bond motifs is 9. The highest BCUT2D eigenvalue weighted by atomic mass is 32.2. The standard InChI is InChI=1S/C48H31NS2/c1-3-13-32(14-4-1)35-23-26-40-38-18-8-11-21-45(38)50-46-22-12-9-19-39(46)42-30-34(25-28-47(42)51-48(40)31-35)33-24-27-44-41(29-33)37-17-7-10-20-43(37)49(44)36-15-5-2-6-16-36/h1-31H. The van der Waals surface area contributed by atoms with E-state index < -0.39 is 0 Å². The van der Waals surface area contributed by atoms with Gasteiger partial charge in [0.05, 0.1) is 11.0 Å². The van der Waals surface area contributed by atoms with Crippen LogP contribution in [0.3, 0.4) is 0 Å². The van der Waals surface area contributed by atoms with Gasteiger partial charge in [0.2, 0.25) is 0 Å². The maximum absolute atomic E-state index is 2.41. The van der Waals surface area contributed by atoms with Crippen molar-refractivity contribution < 1.29 is 0 Å². The summed E-state index contributed by atoms with van der Waals surface area (Å²) in [4.78, 5) is 5.03. The predicted octanol–water partition coefficient (Wildman–Crippen LogP) is 14.1. The van der Waals surface area contributed by atoms with E-state index in [-0.39, 0.29) is 0 Å². The lowest BCUT2D eigenvalue weighted by Gasteiger charge is -2.21. The first-order valence-electron chi connectivity index (χ1n) is 17.3. The molecule has 0 saturated heterocycles. The lowest BCUT2D eigenvalue weighted by Crippen LogP contribution is -1.94. The summed E-state index contributed by atoms with van der Waals surface area (Å²) < 4.78 is 2.38. The third-order valence-electron chi connectivity index (χ3n) is 9.88. The summed E-state index contributed by atoms with van der Waals surface area (Å²) in [5.74, 6) is 0. The van der Waals surface area contributed by atoms with Gasteiger partial charge in [0.15, 0.2) is 0 Å². The van der Waals surface area contributed by atoms with Crippen LogP contribution >= 0.6 is 23.5 Å². The van der Waals surface area contributed by atoms with Crippen molar-refractivity contribution in [3.05, 3.63) is 188 Å². The topological polar surface area (TPSA) is 4.93 Å². The van der Waals surface area contributed by atoms with Crippen LogP contribution in [-0.2, 0) is 0 Å². The van der Waals surface area contributed by atoms with E-state index in [0.717, 1.165) is 0 Å². The summed E-state index contributed by atoms with van der Waals surface area (Å²) in [6.45, 7) is 0. The molecule has 2 heterocycles. The van der Waals surface area contributed by atoms with Gasteiger partial charge in [-0.3, -0.25) is 0 Å². The van der Waals surface area contributed by atoms with Crippen LogP contribution in [0.25, 0.3) is 72.0 Å². The van der Waals surface area contributed by atoms with E-state index in [4.69, 9.17) is 0 Å². The Hall–Kier alpha value is -5.74. The summed E-state index contributed by atoms with van der Waals surface area (Å²) in [5, 5.41) is 2.52. The van der Waals surface area contributed by atoms with E-state index in [0.29, 0.717) is 0 Å². The molecule has 1 aliphatic heterocycles. The maximum Gasteiger partial charge on any atom is 0.0541 e. The predicted molar refractivity (Wildman–Crippen MR) is 217 cm³/mol. The molecular weight excluding hydrogens is 655 g/mol. The van der Waals surface area contributed by atoms with E-state index in [9.17, 15) is 0 Å². The van der Waals surface area contributed by atoms with E-state index in [1.54, 1.807) is 0 Å². The number of rotatable bonds is 3. The highest BCUT2D eigenvalue weighted by Crippen LogP contribution is 2.50. The van der Waals surface area contributed by atoms with Crippen molar-refractivity contribution >= 4 is 45.3 Å². The van der Waals surface area contributed by atoms with Gasteiger partial charge in [0, 0.05) is 36.0 Å². The van der Waals surface area contributed by atoms with Crippen LogP contribution in [0.15, 0.2) is 208 Å². The van der Waals surface area contributed by atoms with Gasteiger partial charge in [-0.05, 0) is 105 Å². The van der Waals surface area contributed by atoms with Crippen molar-refractivity contribution in [1.29, 1.82) is 0 Å². The fourth-order valence-corrected chi connectivity index (χ4v) is 9.68. The number of benzene rings is 8. The fraction of sp³-hybridized carbons (Fsp3) is 0. The first-order chi connectivity index (χ1) is 25.3. The average molecular weight is 686 g/mol. The van der Waals surface area contributed by atoms with E-state index in [2.05, 4.69) is 193 Å². The second kappa shape index (κ2) is 12.5. The second-order valence-corrected chi connectivity index (χ2v) is 15.1. The number of hydrogen-bond donors (Lipinski definition) is 0. The monoisotopic (exact) mass is 685 g/mol. The van der Waals surface area contributed by atoms with Crippen molar-refractivity contribution in [2.24, 2.45) is 0 Å². The summed E-state index contributed by atoms with van der Waals surface area (Å²) in [5.41, 5.74) is 13.5. The molecule has 10 rings (SSSR count). The van der Waals surface area contributed by atoms with Crippen molar-refractivity contribution in [3.8, 4) is 50.2 Å². The summed E-state index contributed by atoms with van der Waals surface area (Å²) >= 11 is 3.73. The van der Waals surface area contributed by atoms with Crippen molar-refractivity contribution in [2.45, 2.75) is 19.6 Å². The average Bonchev–Trinajstić information content (AvgIpc) is 3.53. The van der Waals surface area contributed by atoms with Crippen molar-refractivity contribution in [3.63, 3.8) is 0 Å². The highest BCUT2D eigenvalue weighted by molar-refractivity contribution is 8.00. The minimum Gasteiger partial charge on any atom is -0.309 e. The molecule has 0 bridgehead atoms. The van der Waals surface area contributed by atoms with Crippen LogP contribution in [-0.4, -0.2) is 4.57 Å². The van der Waals surface area contributed by atoms with Gasteiger partial charge < -0.3 is 4.57 Å². The molecular formula is C48H31NS2. The van der Waals surface area contributed by atoms with E-state index >= 15 is 0 Å². The molecule has 0 aliphatic carbocycles. The molecule has 1 aromatic heterocycles. The zero-order valence-corrected chi connectivity index (χ0v) is 29.3. The Morgan fingerprint density at radius 1 is 0.294 bits per heavy atom. The van der Waals surface area contributed by atoms with Gasteiger partial charge in [-0.25, -0.2) is 0 Å². The number of nitrogens with zero attached hydrogens (tertiary/aromatic N) is 1. The molecule has 0 unspecified atom stereocenters. The van der Waals surface area contributed by atoms with Crippen LogP contribution < -0.4 is 0 Å². The molecule has 51 heavy (non-hydrogen) atoms. The minimum absolute atomic E-state index is 1.17. The van der Waals surface area contributed by atoms with Crippen LogP contribution in [0.1, 0.15) is 0 Å². The zero-order valence-electron chi connectivity index (χ0n) is 27.7. The Morgan fingerprint density at radius 2 is 0.824 bits per heavy atom. The van der Waals surface area contributed by atoms with E-state index in [1.807, 2.05) is 23.5 Å². The Kier molecular flexibility index (Phi) is 7.41. The molecule has 240 valence electrons. The molecule has 1 nitrogen and oxygen atoms in total. The number of hydrogen-bond acceptors (Lipinski definition) is 2. The zero-order chi connectivity index (χ0) is 33.7. The third-order valence-corrected chi connectivity index (χ3v) is 12.2. The Labute approximate surface area is 306 Å². The van der Waals surface area contributed by atoms with Crippen molar-refractivity contribution in [2.75, 3.05) is 0 Å². The molecule has 0 atom stereocenters. The molecule has 9 aromatic rings. The van der Waals surface area contributed by atoms with Crippen LogP contribution in [0.5, 0.6) is 0 Å². The van der Waals surface area contributed by atoms with Gasteiger partial charge in [-0.2, -0.15) is 0 Å². The van der Waals surface area contributed by atoms with Gasteiger partial charge in [0.25, 0.3) is 0 Å². The third kappa shape index (κ3) is 5.29. The first-order valence-corrected chi connectivity index (χ1v) is 18.9. The van der Waals surface area contributed by atoms with Crippen LogP contribution in [0.4, 0.5) is 0 Å². The van der Waals surface area contributed by atoms with Crippen LogP contribution in [0, 0.1) is 0 Å². The molecule has 1 aliphatic rings. The Morgan fingerprint density at radius 3 is 1.63 bits per heavy atom. The molecule has 3 heteroatoms. The SMILES string of the molecule is c1ccc(-c2ccc3c(c2)Sc2ccc(-c4ccc5c(c4)c4ccccc4n5-c4ccccc4)cc2-c2ccccc2Sc2ccccc2-3)cc1. The summed E-state index contributed by atoms with van der Waals surface area (Å²) in [7, 11) is 0. The molecule has 0 saturated carbocycles. The normalized spacial score (nSPS) is 12.2. The molecule has 0 amide bonds. The molecule has 0 radical (unpaired) electrons. The minimum atomic E-state index is 1.17. The largest absolute Gasteiger partial charge is 0.309 e. The summed E-state index contributed by atoms with van der Waals surface area (Å²) in [6.07, 6.45) is 0. The molecule has 0 fully saturated rings. The quantitative estimate of drug-likeness (QED) is 0.182. The Bertz CT molecular complexity index is 2740. The Balaban J connectivity index is 1.16. The van der Waals surface area contributed by atoms with Crippen molar-refractivity contribution in [1.82, 2.24) is 4.57 Å². The smallest absolute Gasteiger partial charge is 0.0541 e. The van der Waals surface area contributed by atoms with Gasteiger partial charge in [-0.15, -0.1) is 0 Å². The molecule has 8 aromatic carbocycles. The number of aromatic nitrogens is 1. The van der Waals surface area contributed by atoms with Gasteiger partial charge in [-0.1, -0.05) is 151 Å². The van der Waals surface area contributed by atoms with Gasteiger partial charge in [0.1, 0.15) is 0 Å². The highest BCUT2D eigenvalue weighted by Gasteiger charge is 2.21. The number of para-hydroxylation sites is 2. The lowest BCUT2D eigenvalue weighted by molar-refractivity contribution is 1.18. The summed E-state index contributed by atoms with van der Waals surface area (Å²) in [6, 6.07) is 68.8. The maximum atomic E-state index is 2.41. The molecule has 0 spiro atoms. The lowest BCUT2D eigenvalue weighted by atomic mass is 9.97. The fourth-order valence-electron chi connectivity index (χ4n) is 7.45. The van der Waals surface area contributed by atoms with E-state index in [1.165, 1.54) is 91.6 Å².